The quantitative estimate of drug-likeness (QED) is 0.541. The molecule has 0 atom stereocenters. The van der Waals surface area contributed by atoms with Gasteiger partial charge in [-0.05, 0) is 12.1 Å². The van der Waals surface area contributed by atoms with Gasteiger partial charge in [-0.2, -0.15) is 0 Å². The summed E-state index contributed by atoms with van der Waals surface area (Å²) in [6.07, 6.45) is 0. The third-order valence-electron chi connectivity index (χ3n) is 1.32. The van der Waals surface area contributed by atoms with E-state index in [0.29, 0.717) is 12.4 Å². The van der Waals surface area contributed by atoms with Crippen LogP contribution in [0.5, 0.6) is 0 Å². The lowest BCUT2D eigenvalue weighted by Crippen LogP contribution is -2.17. The van der Waals surface area contributed by atoms with Crippen LogP contribution in [-0.2, 0) is 4.74 Å². The van der Waals surface area contributed by atoms with Crippen molar-refractivity contribution in [2.45, 2.75) is 0 Å². The van der Waals surface area contributed by atoms with Crippen molar-refractivity contribution in [3.05, 3.63) is 30.3 Å². The number of benzene rings is 1. The van der Waals surface area contributed by atoms with Crippen LogP contribution in [0.3, 0.4) is 0 Å². The second kappa shape index (κ2) is 4.51. The van der Waals surface area contributed by atoms with Crippen LogP contribution in [0.4, 0.5) is 5.69 Å². The van der Waals surface area contributed by atoms with Crippen molar-refractivity contribution in [3.63, 3.8) is 0 Å². The van der Waals surface area contributed by atoms with E-state index in [1.165, 1.54) is 0 Å². The predicted molar refractivity (Wildman–Crippen MR) is 49.6 cm³/mol. The fourth-order valence-electron chi connectivity index (χ4n) is 0.849. The zero-order chi connectivity index (χ0) is 8.81. The van der Waals surface area contributed by atoms with Crippen LogP contribution in [0, 0.1) is 0 Å². The molecule has 0 bridgehead atoms. The van der Waals surface area contributed by atoms with Gasteiger partial charge in [0.05, 0.1) is 5.69 Å². The van der Waals surface area contributed by atoms with Crippen molar-refractivity contribution in [1.82, 2.24) is 0 Å². The Kier molecular flexibility index (Phi) is 3.29. The summed E-state index contributed by atoms with van der Waals surface area (Å²) in [6, 6.07) is 9.55. The molecule has 0 aliphatic carbocycles. The maximum Gasteiger partial charge on any atom is 0.126 e. The molecule has 0 aromatic heterocycles. The van der Waals surface area contributed by atoms with E-state index in [0.717, 1.165) is 5.69 Å². The number of rotatable bonds is 3. The molecule has 0 fully saturated rings. The van der Waals surface area contributed by atoms with E-state index >= 15 is 0 Å². The molecule has 2 N–H and O–H groups in total. The Labute approximate surface area is 71.9 Å². The van der Waals surface area contributed by atoms with Crippen LogP contribution in [0.15, 0.2) is 35.3 Å². The van der Waals surface area contributed by atoms with Gasteiger partial charge in [0.25, 0.3) is 0 Å². The van der Waals surface area contributed by atoms with Gasteiger partial charge >= 0.3 is 0 Å². The molecule has 0 aliphatic heterocycles. The summed E-state index contributed by atoms with van der Waals surface area (Å²) < 4.78 is 4.82. The molecule has 3 heteroatoms. The van der Waals surface area contributed by atoms with E-state index < -0.39 is 0 Å². The molecule has 1 aromatic rings. The first-order valence-corrected chi connectivity index (χ1v) is 3.70. The molecule has 0 aliphatic rings. The first-order chi connectivity index (χ1) is 5.83. The third-order valence-corrected chi connectivity index (χ3v) is 1.32. The van der Waals surface area contributed by atoms with Crippen LogP contribution in [0.1, 0.15) is 0 Å². The molecule has 0 unspecified atom stereocenters. The molecular weight excluding hydrogens is 152 g/mol. The van der Waals surface area contributed by atoms with Gasteiger partial charge in [-0.15, -0.1) is 0 Å². The monoisotopic (exact) mass is 164 g/mol. The minimum absolute atomic E-state index is 0.370. The second-order valence-electron chi connectivity index (χ2n) is 2.37. The van der Waals surface area contributed by atoms with Gasteiger partial charge < -0.3 is 10.5 Å². The van der Waals surface area contributed by atoms with E-state index in [-0.39, 0.29) is 0 Å². The van der Waals surface area contributed by atoms with Gasteiger partial charge in [-0.25, -0.2) is 4.99 Å². The van der Waals surface area contributed by atoms with Gasteiger partial charge in [-0.1, -0.05) is 18.2 Å². The smallest absolute Gasteiger partial charge is 0.126 e. The highest BCUT2D eigenvalue weighted by molar-refractivity contribution is 5.84. The van der Waals surface area contributed by atoms with Crippen LogP contribution in [-0.4, -0.2) is 19.6 Å². The number of para-hydroxylation sites is 1. The molecular formula is C9H12N2O. The fourth-order valence-corrected chi connectivity index (χ4v) is 0.849. The third kappa shape index (κ3) is 2.72. The molecule has 1 rings (SSSR count). The van der Waals surface area contributed by atoms with Gasteiger partial charge in [0.15, 0.2) is 0 Å². The summed E-state index contributed by atoms with van der Waals surface area (Å²) in [4.78, 5) is 4.12. The van der Waals surface area contributed by atoms with Crippen LogP contribution < -0.4 is 5.73 Å². The maximum absolute atomic E-state index is 5.54. The predicted octanol–water partition coefficient (Wildman–Crippen LogP) is 1.32. The van der Waals surface area contributed by atoms with Crippen molar-refractivity contribution >= 4 is 11.5 Å². The van der Waals surface area contributed by atoms with E-state index in [1.807, 2.05) is 30.3 Å². The Hall–Kier alpha value is -1.35. The number of nitrogens with zero attached hydrogens (tertiary/aromatic N) is 1. The van der Waals surface area contributed by atoms with E-state index in [4.69, 9.17) is 10.5 Å². The number of aliphatic imine (C=N–C) groups is 1. The number of ether oxygens (including phenoxy) is 1. The summed E-state index contributed by atoms with van der Waals surface area (Å²) in [5.74, 6) is 0.490. The Bertz CT molecular complexity index is 256. The van der Waals surface area contributed by atoms with Crippen LogP contribution >= 0.6 is 0 Å². The molecule has 0 heterocycles. The molecule has 12 heavy (non-hydrogen) atoms. The first kappa shape index (κ1) is 8.74. The van der Waals surface area contributed by atoms with E-state index in [2.05, 4.69) is 4.99 Å². The lowest BCUT2D eigenvalue weighted by Gasteiger charge is -1.97. The Morgan fingerprint density at radius 3 is 2.67 bits per heavy atom. The summed E-state index contributed by atoms with van der Waals surface area (Å²) in [5.41, 5.74) is 6.39. The minimum atomic E-state index is 0.370. The first-order valence-electron chi connectivity index (χ1n) is 3.70. The van der Waals surface area contributed by atoms with Gasteiger partial charge in [0.2, 0.25) is 0 Å². The number of amidine groups is 1. The molecule has 0 saturated carbocycles. The molecule has 0 radical (unpaired) electrons. The largest absolute Gasteiger partial charge is 0.385 e. The van der Waals surface area contributed by atoms with Gasteiger partial charge in [0, 0.05) is 7.11 Å². The molecule has 64 valence electrons. The van der Waals surface area contributed by atoms with E-state index in [9.17, 15) is 0 Å². The van der Waals surface area contributed by atoms with Crippen molar-refractivity contribution in [2.24, 2.45) is 10.7 Å². The van der Waals surface area contributed by atoms with Gasteiger partial charge in [0.1, 0.15) is 12.4 Å². The van der Waals surface area contributed by atoms with E-state index in [1.54, 1.807) is 7.11 Å². The summed E-state index contributed by atoms with van der Waals surface area (Å²) in [5, 5.41) is 0. The summed E-state index contributed by atoms with van der Waals surface area (Å²) in [7, 11) is 1.59. The fraction of sp³-hybridized carbons (Fsp3) is 0.222. The van der Waals surface area contributed by atoms with Crippen LogP contribution in [0.2, 0.25) is 0 Å². The lowest BCUT2D eigenvalue weighted by molar-refractivity contribution is 0.244. The second-order valence-corrected chi connectivity index (χ2v) is 2.37. The zero-order valence-corrected chi connectivity index (χ0v) is 7.03. The Morgan fingerprint density at radius 2 is 2.08 bits per heavy atom. The number of hydrogen-bond donors (Lipinski definition) is 1. The summed E-state index contributed by atoms with van der Waals surface area (Å²) in [6.45, 7) is 0.370. The normalized spacial score (nSPS) is 11.6. The Morgan fingerprint density at radius 1 is 1.42 bits per heavy atom. The number of methoxy groups -OCH3 is 1. The lowest BCUT2D eigenvalue weighted by atomic mass is 10.3. The molecule has 0 spiro atoms. The topological polar surface area (TPSA) is 47.6 Å². The average molecular weight is 164 g/mol. The van der Waals surface area contributed by atoms with Gasteiger partial charge in [-0.3, -0.25) is 0 Å². The molecule has 3 nitrogen and oxygen atoms in total. The average Bonchev–Trinajstić information content (AvgIpc) is 2.06. The van der Waals surface area contributed by atoms with Crippen molar-refractivity contribution in [2.75, 3.05) is 13.7 Å². The molecule has 0 saturated heterocycles. The zero-order valence-electron chi connectivity index (χ0n) is 7.03. The summed E-state index contributed by atoms with van der Waals surface area (Å²) >= 11 is 0. The molecule has 1 aromatic carbocycles. The molecule has 0 amide bonds. The highest BCUT2D eigenvalue weighted by atomic mass is 16.5. The number of hydrogen-bond acceptors (Lipinski definition) is 2. The maximum atomic E-state index is 5.54. The SMILES string of the molecule is COCC(N)=Nc1ccccc1. The number of nitrogens with two attached hydrogens (primary N) is 1. The minimum Gasteiger partial charge on any atom is -0.385 e. The highest BCUT2D eigenvalue weighted by Crippen LogP contribution is 2.08. The van der Waals surface area contributed by atoms with Crippen molar-refractivity contribution < 1.29 is 4.74 Å². The highest BCUT2D eigenvalue weighted by Gasteiger charge is 1.90. The standard InChI is InChI=1S/C9H12N2O/c1-12-7-9(10)11-8-5-3-2-4-6-8/h2-6H,7H2,1H3,(H2,10,11). The van der Waals surface area contributed by atoms with Crippen LogP contribution in [0.25, 0.3) is 0 Å². The Balaban J connectivity index is 2.67. The van der Waals surface area contributed by atoms with Crippen molar-refractivity contribution in [1.29, 1.82) is 0 Å². The van der Waals surface area contributed by atoms with Crippen molar-refractivity contribution in [3.8, 4) is 0 Å².